The zero-order valence-corrected chi connectivity index (χ0v) is 12.4. The van der Waals surface area contributed by atoms with E-state index in [1.807, 2.05) is 24.3 Å². The summed E-state index contributed by atoms with van der Waals surface area (Å²) in [7, 11) is 0. The van der Waals surface area contributed by atoms with Gasteiger partial charge >= 0.3 is 0 Å². The molecule has 0 aliphatic heterocycles. The Labute approximate surface area is 125 Å². The maximum absolute atomic E-state index is 11.0. The lowest BCUT2D eigenvalue weighted by Gasteiger charge is -2.16. The molecule has 0 saturated heterocycles. The molecule has 0 radical (unpaired) electrons. The molecular weight excluding hydrogens is 264 g/mol. The molecule has 0 spiro atoms. The number of nitro benzene ring substituents is 1. The van der Waals surface area contributed by atoms with Crippen LogP contribution in [0.25, 0.3) is 0 Å². The fourth-order valence-corrected chi connectivity index (χ4v) is 2.51. The van der Waals surface area contributed by atoms with Gasteiger partial charge in [0.2, 0.25) is 0 Å². The van der Waals surface area contributed by atoms with Crippen LogP contribution in [0, 0.1) is 17.0 Å². The minimum atomic E-state index is -0.319. The zero-order valence-electron chi connectivity index (χ0n) is 12.4. The number of hydrogen-bond acceptors (Lipinski definition) is 3. The van der Waals surface area contributed by atoms with Crippen LogP contribution in [0.5, 0.6) is 0 Å². The Kier molecular flexibility index (Phi) is 5.06. The van der Waals surface area contributed by atoms with E-state index < -0.39 is 0 Å². The number of aryl methyl sites for hydroxylation is 1. The smallest absolute Gasteiger partial charge is 0.272 e. The fraction of sp³-hybridized carbons (Fsp3) is 0.294. The Morgan fingerprint density at radius 2 is 1.81 bits per heavy atom. The highest BCUT2D eigenvalue weighted by atomic mass is 16.6. The van der Waals surface area contributed by atoms with E-state index in [2.05, 4.69) is 31.3 Å². The van der Waals surface area contributed by atoms with E-state index >= 15 is 0 Å². The van der Waals surface area contributed by atoms with Crippen LogP contribution < -0.4 is 5.32 Å². The van der Waals surface area contributed by atoms with Gasteiger partial charge in [0.25, 0.3) is 5.69 Å². The third-order valence-electron chi connectivity index (χ3n) is 3.69. The van der Waals surface area contributed by atoms with Crippen molar-refractivity contribution < 1.29 is 4.92 Å². The van der Waals surface area contributed by atoms with Gasteiger partial charge in [-0.15, -0.1) is 0 Å². The maximum atomic E-state index is 11.0. The van der Waals surface area contributed by atoms with Crippen molar-refractivity contribution >= 4 is 5.69 Å². The largest absolute Gasteiger partial charge is 0.310 e. The normalized spacial score (nSPS) is 12.1. The first-order chi connectivity index (χ1) is 10.1. The van der Waals surface area contributed by atoms with E-state index in [1.54, 1.807) is 12.1 Å². The lowest BCUT2D eigenvalue weighted by atomic mass is 10.0. The summed E-state index contributed by atoms with van der Waals surface area (Å²) in [6, 6.07) is 15.4. The maximum Gasteiger partial charge on any atom is 0.272 e. The zero-order chi connectivity index (χ0) is 15.2. The predicted octanol–water partition coefficient (Wildman–Crippen LogP) is 3.80. The summed E-state index contributed by atoms with van der Waals surface area (Å²) in [6.45, 7) is 4.91. The molecule has 0 heterocycles. The van der Waals surface area contributed by atoms with Gasteiger partial charge in [-0.25, -0.2) is 0 Å². The molecule has 0 aliphatic carbocycles. The molecule has 0 fully saturated rings. The Morgan fingerprint density at radius 1 is 1.14 bits per heavy atom. The summed E-state index contributed by atoms with van der Waals surface area (Å²) >= 11 is 0. The van der Waals surface area contributed by atoms with Gasteiger partial charge in [0.1, 0.15) is 0 Å². The molecular formula is C17H20N2O2. The average Bonchev–Trinajstić information content (AvgIpc) is 2.48. The van der Waals surface area contributed by atoms with Crippen molar-refractivity contribution in [2.24, 2.45) is 0 Å². The van der Waals surface area contributed by atoms with Crippen LogP contribution in [-0.4, -0.2) is 11.5 Å². The molecule has 0 amide bonds. The highest BCUT2D eigenvalue weighted by molar-refractivity contribution is 5.40. The van der Waals surface area contributed by atoms with Gasteiger partial charge in [-0.3, -0.25) is 10.1 Å². The van der Waals surface area contributed by atoms with Crippen LogP contribution in [0.15, 0.2) is 48.5 Å². The number of nitrogens with zero attached hydrogens (tertiary/aromatic N) is 1. The second-order valence-electron chi connectivity index (χ2n) is 5.17. The van der Waals surface area contributed by atoms with Crippen molar-refractivity contribution in [3.63, 3.8) is 0 Å². The van der Waals surface area contributed by atoms with Crippen molar-refractivity contribution in [2.45, 2.75) is 26.3 Å². The van der Waals surface area contributed by atoms with Crippen LogP contribution in [0.1, 0.15) is 29.7 Å². The molecule has 0 aromatic heterocycles. The summed E-state index contributed by atoms with van der Waals surface area (Å²) in [6.07, 6.45) is 0.646. The molecule has 4 nitrogen and oxygen atoms in total. The van der Waals surface area contributed by atoms with Gasteiger partial charge in [0.15, 0.2) is 0 Å². The lowest BCUT2D eigenvalue weighted by molar-refractivity contribution is -0.385. The second kappa shape index (κ2) is 6.99. The molecule has 1 N–H and O–H groups in total. The van der Waals surface area contributed by atoms with E-state index in [0.29, 0.717) is 13.0 Å². The summed E-state index contributed by atoms with van der Waals surface area (Å²) < 4.78 is 0. The Bertz CT molecular complexity index is 626. The Hall–Kier alpha value is -2.20. The quantitative estimate of drug-likeness (QED) is 0.648. The van der Waals surface area contributed by atoms with Crippen LogP contribution in [0.2, 0.25) is 0 Å². The first-order valence-corrected chi connectivity index (χ1v) is 7.11. The average molecular weight is 284 g/mol. The number of benzene rings is 2. The third kappa shape index (κ3) is 3.89. The van der Waals surface area contributed by atoms with Gasteiger partial charge in [-0.1, -0.05) is 42.5 Å². The van der Waals surface area contributed by atoms with Crippen LogP contribution in [-0.2, 0) is 6.42 Å². The highest BCUT2D eigenvalue weighted by Gasteiger charge is 2.12. The van der Waals surface area contributed by atoms with E-state index in [4.69, 9.17) is 0 Å². The molecule has 110 valence electrons. The molecule has 21 heavy (non-hydrogen) atoms. The van der Waals surface area contributed by atoms with Gasteiger partial charge in [-0.2, -0.15) is 0 Å². The molecule has 0 aliphatic rings. The Balaban J connectivity index is 1.96. The van der Waals surface area contributed by atoms with Crippen LogP contribution >= 0.6 is 0 Å². The number of nitrogens with one attached hydrogen (secondary N) is 1. The standard InChI is InChI=1S/C17H20N2O2/c1-13-7-3-5-9-16(13)14(2)18-12-11-15-8-4-6-10-17(15)19(20)21/h3-10,14,18H,11-12H2,1-2H3. The molecule has 2 aromatic carbocycles. The van der Waals surface area contributed by atoms with E-state index in [1.165, 1.54) is 11.1 Å². The molecule has 0 saturated carbocycles. The summed E-state index contributed by atoms with van der Waals surface area (Å²) in [4.78, 5) is 10.7. The first-order valence-electron chi connectivity index (χ1n) is 7.11. The SMILES string of the molecule is Cc1ccccc1C(C)NCCc1ccccc1[N+](=O)[O-]. The molecule has 2 aromatic rings. The molecule has 4 heteroatoms. The second-order valence-corrected chi connectivity index (χ2v) is 5.17. The van der Waals surface area contributed by atoms with Gasteiger partial charge in [0, 0.05) is 17.7 Å². The third-order valence-corrected chi connectivity index (χ3v) is 3.69. The van der Waals surface area contributed by atoms with Crippen molar-refractivity contribution in [3.8, 4) is 0 Å². The summed E-state index contributed by atoms with van der Waals surface area (Å²) in [5.74, 6) is 0. The summed E-state index contributed by atoms with van der Waals surface area (Å²) in [5.41, 5.74) is 3.48. The minimum Gasteiger partial charge on any atom is -0.310 e. The highest BCUT2D eigenvalue weighted by Crippen LogP contribution is 2.19. The molecule has 1 unspecified atom stereocenters. The van der Waals surface area contributed by atoms with Crippen molar-refractivity contribution in [1.29, 1.82) is 0 Å². The predicted molar refractivity (Wildman–Crippen MR) is 84.4 cm³/mol. The topological polar surface area (TPSA) is 55.2 Å². The number of nitro groups is 1. The first kappa shape index (κ1) is 15.2. The fourth-order valence-electron chi connectivity index (χ4n) is 2.51. The lowest BCUT2D eigenvalue weighted by Crippen LogP contribution is -2.22. The van der Waals surface area contributed by atoms with Crippen LogP contribution in [0.4, 0.5) is 5.69 Å². The van der Waals surface area contributed by atoms with E-state index in [0.717, 1.165) is 5.56 Å². The number of para-hydroxylation sites is 1. The van der Waals surface area contributed by atoms with Crippen molar-refractivity contribution in [1.82, 2.24) is 5.32 Å². The van der Waals surface area contributed by atoms with Crippen LogP contribution in [0.3, 0.4) is 0 Å². The van der Waals surface area contributed by atoms with E-state index in [9.17, 15) is 10.1 Å². The van der Waals surface area contributed by atoms with Gasteiger partial charge < -0.3 is 5.32 Å². The van der Waals surface area contributed by atoms with Gasteiger partial charge in [-0.05, 0) is 37.9 Å². The van der Waals surface area contributed by atoms with Crippen molar-refractivity contribution in [3.05, 3.63) is 75.3 Å². The van der Waals surface area contributed by atoms with Crippen molar-refractivity contribution in [2.75, 3.05) is 6.54 Å². The number of hydrogen-bond donors (Lipinski definition) is 1. The number of rotatable bonds is 6. The monoisotopic (exact) mass is 284 g/mol. The molecule has 2 rings (SSSR count). The minimum absolute atomic E-state index is 0.197. The van der Waals surface area contributed by atoms with Gasteiger partial charge in [0.05, 0.1) is 4.92 Å². The molecule has 0 bridgehead atoms. The Morgan fingerprint density at radius 3 is 2.52 bits per heavy atom. The molecule has 1 atom stereocenters. The summed E-state index contributed by atoms with van der Waals surface area (Å²) in [5, 5.41) is 14.4. The van der Waals surface area contributed by atoms with E-state index in [-0.39, 0.29) is 16.7 Å².